The van der Waals surface area contributed by atoms with Crippen LogP contribution in [0.1, 0.15) is 6.42 Å². The molecule has 0 radical (unpaired) electrons. The molecule has 0 aromatic heterocycles. The predicted molar refractivity (Wildman–Crippen MR) is 78.4 cm³/mol. The minimum absolute atomic E-state index is 0.323. The molecule has 0 N–H and O–H groups in total. The molecule has 0 bridgehead atoms. The summed E-state index contributed by atoms with van der Waals surface area (Å²) >= 11 is 0. The molecule has 21 heavy (non-hydrogen) atoms. The molecular weight excluding hydrogens is 268 g/mol. The van der Waals surface area contributed by atoms with Crippen molar-refractivity contribution in [2.24, 2.45) is 0 Å². The molecule has 6 nitrogen and oxygen atoms in total. The fourth-order valence-corrected chi connectivity index (χ4v) is 3.62. The van der Waals surface area contributed by atoms with Crippen LogP contribution in [-0.4, -0.2) is 86.6 Å². The van der Waals surface area contributed by atoms with Crippen LogP contribution in [-0.2, 0) is 9.47 Å². The van der Waals surface area contributed by atoms with E-state index in [1.54, 1.807) is 0 Å². The van der Waals surface area contributed by atoms with Crippen LogP contribution in [0.2, 0.25) is 0 Å². The van der Waals surface area contributed by atoms with Crippen molar-refractivity contribution < 1.29 is 9.47 Å². The van der Waals surface area contributed by atoms with Gasteiger partial charge in [0.2, 0.25) is 0 Å². The molecule has 0 aliphatic carbocycles. The summed E-state index contributed by atoms with van der Waals surface area (Å²) < 4.78 is 11.0. The van der Waals surface area contributed by atoms with E-state index in [2.05, 4.69) is 27.8 Å². The Bertz CT molecular complexity index is 422. The molecule has 3 rings (SSSR count). The molecule has 0 saturated carbocycles. The van der Waals surface area contributed by atoms with Crippen LogP contribution in [0.3, 0.4) is 0 Å². The molecule has 3 aliphatic rings. The van der Waals surface area contributed by atoms with E-state index in [0.29, 0.717) is 12.2 Å². The van der Waals surface area contributed by atoms with Crippen molar-refractivity contribution in [3.63, 3.8) is 0 Å². The predicted octanol–water partition coefficient (Wildman–Crippen LogP) is 0.0885. The molecule has 0 aromatic carbocycles. The molecule has 0 amide bonds. The highest BCUT2D eigenvalue weighted by Crippen LogP contribution is 2.27. The molecular formula is C15H24N4O2. The Morgan fingerprint density at radius 1 is 1.05 bits per heavy atom. The van der Waals surface area contributed by atoms with E-state index in [-0.39, 0.29) is 0 Å². The summed E-state index contributed by atoms with van der Waals surface area (Å²) in [4.78, 5) is 7.20. The second-order valence-corrected chi connectivity index (χ2v) is 5.91. The molecule has 0 aromatic rings. The van der Waals surface area contributed by atoms with E-state index < -0.39 is 0 Å². The third-order valence-electron chi connectivity index (χ3n) is 4.63. The third-order valence-corrected chi connectivity index (χ3v) is 4.63. The average molecular weight is 292 g/mol. The lowest BCUT2D eigenvalue weighted by molar-refractivity contribution is -0.0719. The first-order valence-electron chi connectivity index (χ1n) is 7.76. The molecule has 116 valence electrons. The highest BCUT2D eigenvalue weighted by molar-refractivity contribution is 5.25. The van der Waals surface area contributed by atoms with E-state index in [9.17, 15) is 5.26 Å². The monoisotopic (exact) mass is 292 g/mol. The summed E-state index contributed by atoms with van der Waals surface area (Å²) in [6.45, 7) is 7.03. The Kier molecular flexibility index (Phi) is 4.76. The van der Waals surface area contributed by atoms with Crippen LogP contribution in [0.25, 0.3) is 0 Å². The molecule has 3 heterocycles. The van der Waals surface area contributed by atoms with Gasteiger partial charge in [0.15, 0.2) is 0 Å². The lowest BCUT2D eigenvalue weighted by Gasteiger charge is -2.49. The zero-order chi connectivity index (χ0) is 14.7. The summed E-state index contributed by atoms with van der Waals surface area (Å²) in [5.74, 6) is 0. The van der Waals surface area contributed by atoms with Crippen molar-refractivity contribution in [1.29, 1.82) is 5.26 Å². The van der Waals surface area contributed by atoms with Gasteiger partial charge in [-0.2, -0.15) is 5.26 Å². The third kappa shape index (κ3) is 3.22. The minimum Gasteiger partial charge on any atom is -0.379 e. The fourth-order valence-electron chi connectivity index (χ4n) is 3.62. The molecule has 0 spiro atoms. The van der Waals surface area contributed by atoms with Gasteiger partial charge in [0.1, 0.15) is 0 Å². The summed E-state index contributed by atoms with van der Waals surface area (Å²) in [5, 5.41) is 9.30. The van der Waals surface area contributed by atoms with Gasteiger partial charge in [-0.25, -0.2) is 0 Å². The summed E-state index contributed by atoms with van der Waals surface area (Å²) in [7, 11) is 2.09. The van der Waals surface area contributed by atoms with E-state index in [1.807, 2.05) is 6.20 Å². The molecule has 2 fully saturated rings. The summed E-state index contributed by atoms with van der Waals surface area (Å²) in [6, 6.07) is 2.70. The second kappa shape index (κ2) is 6.75. The lowest BCUT2D eigenvalue weighted by atomic mass is 9.97. The quantitative estimate of drug-likeness (QED) is 0.719. The van der Waals surface area contributed by atoms with Crippen LogP contribution in [0, 0.1) is 11.3 Å². The van der Waals surface area contributed by atoms with Crippen molar-refractivity contribution in [2.75, 3.05) is 59.7 Å². The Balaban J connectivity index is 1.81. The summed E-state index contributed by atoms with van der Waals surface area (Å²) in [6.07, 6.45) is 3.17. The normalized spacial score (nSPS) is 32.6. The average Bonchev–Trinajstić information content (AvgIpc) is 2.55. The first kappa shape index (κ1) is 14.8. The van der Waals surface area contributed by atoms with Gasteiger partial charge >= 0.3 is 0 Å². The number of ether oxygens (including phenoxy) is 2. The Labute approximate surface area is 126 Å². The van der Waals surface area contributed by atoms with E-state index in [0.717, 1.165) is 64.6 Å². The van der Waals surface area contributed by atoms with Crippen molar-refractivity contribution in [3.05, 3.63) is 11.8 Å². The largest absolute Gasteiger partial charge is 0.379 e. The molecule has 6 heteroatoms. The first-order valence-corrected chi connectivity index (χ1v) is 7.76. The maximum absolute atomic E-state index is 9.30. The van der Waals surface area contributed by atoms with Crippen LogP contribution in [0.5, 0.6) is 0 Å². The van der Waals surface area contributed by atoms with Gasteiger partial charge in [0.05, 0.1) is 38.7 Å². The smallest absolute Gasteiger partial charge is 0.0976 e. The van der Waals surface area contributed by atoms with Crippen molar-refractivity contribution >= 4 is 0 Å². The van der Waals surface area contributed by atoms with Crippen LogP contribution >= 0.6 is 0 Å². The van der Waals surface area contributed by atoms with E-state index in [1.165, 1.54) is 0 Å². The summed E-state index contributed by atoms with van der Waals surface area (Å²) in [5.41, 5.74) is 0.874. The zero-order valence-electron chi connectivity index (χ0n) is 12.7. The maximum atomic E-state index is 9.30. The van der Waals surface area contributed by atoms with Crippen molar-refractivity contribution in [1.82, 2.24) is 14.7 Å². The SMILES string of the molecule is CN1C=C(C#N)C[C@H](N2CCOCC2)[C@H]1N1CCOCC1. The number of nitriles is 1. The number of morpholine rings is 2. The van der Waals surface area contributed by atoms with Gasteiger partial charge in [-0.05, 0) is 0 Å². The van der Waals surface area contributed by atoms with E-state index >= 15 is 0 Å². The Hall–Kier alpha value is -1.13. The molecule has 2 saturated heterocycles. The highest BCUT2D eigenvalue weighted by Gasteiger charge is 2.38. The van der Waals surface area contributed by atoms with Crippen molar-refractivity contribution in [2.45, 2.75) is 18.6 Å². The van der Waals surface area contributed by atoms with Gasteiger partial charge in [-0.3, -0.25) is 9.80 Å². The fraction of sp³-hybridized carbons (Fsp3) is 0.800. The maximum Gasteiger partial charge on any atom is 0.0976 e. The molecule has 0 unspecified atom stereocenters. The number of likely N-dealkylation sites (N-methyl/N-ethyl adjacent to an activating group) is 1. The van der Waals surface area contributed by atoms with Crippen LogP contribution in [0.15, 0.2) is 11.8 Å². The van der Waals surface area contributed by atoms with E-state index in [4.69, 9.17) is 9.47 Å². The number of hydrogen-bond acceptors (Lipinski definition) is 6. The number of rotatable bonds is 2. The lowest BCUT2D eigenvalue weighted by Crippen LogP contribution is -2.62. The van der Waals surface area contributed by atoms with Gasteiger partial charge in [-0.1, -0.05) is 0 Å². The number of hydrogen-bond donors (Lipinski definition) is 0. The number of nitrogens with zero attached hydrogens (tertiary/aromatic N) is 4. The Morgan fingerprint density at radius 3 is 2.19 bits per heavy atom. The molecule has 3 aliphatic heterocycles. The topological polar surface area (TPSA) is 52.0 Å². The zero-order valence-corrected chi connectivity index (χ0v) is 12.7. The molecule has 2 atom stereocenters. The standard InChI is InChI=1S/C15H24N4O2/c1-17-12-13(11-16)10-14(18-2-6-20-7-3-18)15(17)19-4-8-21-9-5-19/h12,14-15H,2-10H2,1H3/t14-,15+/m0/s1. The van der Waals surface area contributed by atoms with Gasteiger partial charge in [0.25, 0.3) is 0 Å². The Morgan fingerprint density at radius 2 is 1.62 bits per heavy atom. The highest BCUT2D eigenvalue weighted by atomic mass is 16.5. The van der Waals surface area contributed by atoms with Gasteiger partial charge in [0, 0.05) is 57.5 Å². The van der Waals surface area contributed by atoms with Gasteiger partial charge in [-0.15, -0.1) is 0 Å². The van der Waals surface area contributed by atoms with Crippen LogP contribution < -0.4 is 0 Å². The van der Waals surface area contributed by atoms with Gasteiger partial charge < -0.3 is 14.4 Å². The second-order valence-electron chi connectivity index (χ2n) is 5.91. The first-order chi connectivity index (χ1) is 10.3. The minimum atomic E-state index is 0.323. The van der Waals surface area contributed by atoms with Crippen molar-refractivity contribution in [3.8, 4) is 6.07 Å². The van der Waals surface area contributed by atoms with Crippen LogP contribution in [0.4, 0.5) is 0 Å².